The molecule has 1 unspecified atom stereocenters. The summed E-state index contributed by atoms with van der Waals surface area (Å²) in [5.74, 6) is 0.906. The fourth-order valence-corrected chi connectivity index (χ4v) is 3.54. The Morgan fingerprint density at radius 1 is 1.29 bits per heavy atom. The van der Waals surface area contributed by atoms with Crippen molar-refractivity contribution < 1.29 is 4.74 Å². The van der Waals surface area contributed by atoms with Gasteiger partial charge in [-0.3, -0.25) is 0 Å². The quantitative estimate of drug-likeness (QED) is 0.772. The van der Waals surface area contributed by atoms with Crippen LogP contribution in [0.25, 0.3) is 0 Å². The van der Waals surface area contributed by atoms with Gasteiger partial charge in [-0.15, -0.1) is 0 Å². The fourth-order valence-electron chi connectivity index (χ4n) is 2.80. The van der Waals surface area contributed by atoms with Crippen LogP contribution in [0.3, 0.4) is 0 Å². The van der Waals surface area contributed by atoms with Crippen LogP contribution >= 0.6 is 27.5 Å². The average Bonchev–Trinajstić information content (AvgIpc) is 2.87. The summed E-state index contributed by atoms with van der Waals surface area (Å²) >= 11 is 9.85. The van der Waals surface area contributed by atoms with Gasteiger partial charge >= 0.3 is 0 Å². The summed E-state index contributed by atoms with van der Waals surface area (Å²) < 4.78 is 6.38. The van der Waals surface area contributed by atoms with E-state index in [2.05, 4.69) is 33.4 Å². The van der Waals surface area contributed by atoms with Gasteiger partial charge in [0.25, 0.3) is 0 Å². The SMILES string of the molecule is COc1ccc2c(c1)C(Nc1cc(Cl)c(C)cc1Br)CC2. The minimum Gasteiger partial charge on any atom is -0.497 e. The Morgan fingerprint density at radius 3 is 2.86 bits per heavy atom. The first-order valence-corrected chi connectivity index (χ1v) is 8.14. The molecule has 3 rings (SSSR count). The van der Waals surface area contributed by atoms with Crippen LogP contribution in [0.1, 0.15) is 29.2 Å². The second-order valence-electron chi connectivity index (χ2n) is 5.38. The Labute approximate surface area is 138 Å². The number of anilines is 1. The number of hydrogen-bond acceptors (Lipinski definition) is 2. The minimum atomic E-state index is 0.296. The van der Waals surface area contributed by atoms with Gasteiger partial charge in [-0.1, -0.05) is 17.7 Å². The summed E-state index contributed by atoms with van der Waals surface area (Å²) in [6.45, 7) is 2.01. The van der Waals surface area contributed by atoms with Crippen LogP contribution in [0, 0.1) is 6.92 Å². The Morgan fingerprint density at radius 2 is 2.10 bits per heavy atom. The summed E-state index contributed by atoms with van der Waals surface area (Å²) in [6, 6.07) is 10.6. The van der Waals surface area contributed by atoms with Gasteiger partial charge in [0, 0.05) is 9.50 Å². The third kappa shape index (κ3) is 2.90. The molecule has 1 aliphatic rings. The van der Waals surface area contributed by atoms with Gasteiger partial charge in [0.2, 0.25) is 0 Å². The molecule has 0 aromatic heterocycles. The molecule has 0 aliphatic heterocycles. The summed E-state index contributed by atoms with van der Waals surface area (Å²) in [5.41, 5.74) is 4.81. The Kier molecular flexibility index (Phi) is 4.14. The number of ether oxygens (including phenoxy) is 1. The first kappa shape index (κ1) is 14.7. The standard InChI is InChI=1S/C17H17BrClNO/c1-10-7-14(18)17(9-15(10)19)20-16-6-4-11-3-5-12(21-2)8-13(11)16/h3,5,7-9,16,20H,4,6H2,1-2H3. The fraction of sp³-hybridized carbons (Fsp3) is 0.294. The molecular weight excluding hydrogens is 350 g/mol. The smallest absolute Gasteiger partial charge is 0.119 e. The van der Waals surface area contributed by atoms with E-state index in [0.29, 0.717) is 6.04 Å². The van der Waals surface area contributed by atoms with Gasteiger partial charge in [-0.2, -0.15) is 0 Å². The molecule has 1 N–H and O–H groups in total. The third-order valence-electron chi connectivity index (χ3n) is 4.01. The van der Waals surface area contributed by atoms with E-state index in [4.69, 9.17) is 16.3 Å². The molecule has 0 saturated carbocycles. The molecule has 0 heterocycles. The Balaban J connectivity index is 1.90. The van der Waals surface area contributed by atoms with E-state index >= 15 is 0 Å². The van der Waals surface area contributed by atoms with E-state index in [1.54, 1.807) is 7.11 Å². The Bertz CT molecular complexity index is 687. The van der Waals surface area contributed by atoms with E-state index in [1.807, 2.05) is 25.1 Å². The van der Waals surface area contributed by atoms with Crippen molar-refractivity contribution in [3.05, 3.63) is 56.5 Å². The van der Waals surface area contributed by atoms with Crippen molar-refractivity contribution in [2.75, 3.05) is 12.4 Å². The lowest BCUT2D eigenvalue weighted by molar-refractivity contribution is 0.414. The monoisotopic (exact) mass is 365 g/mol. The van der Waals surface area contributed by atoms with Crippen molar-refractivity contribution in [1.29, 1.82) is 0 Å². The largest absolute Gasteiger partial charge is 0.497 e. The van der Waals surface area contributed by atoms with E-state index in [-0.39, 0.29) is 0 Å². The van der Waals surface area contributed by atoms with Gasteiger partial charge < -0.3 is 10.1 Å². The number of hydrogen-bond donors (Lipinski definition) is 1. The highest BCUT2D eigenvalue weighted by atomic mass is 79.9. The lowest BCUT2D eigenvalue weighted by Gasteiger charge is -2.18. The summed E-state index contributed by atoms with van der Waals surface area (Å²) in [5, 5.41) is 4.38. The van der Waals surface area contributed by atoms with Crippen LogP contribution in [-0.2, 0) is 6.42 Å². The van der Waals surface area contributed by atoms with Crippen molar-refractivity contribution in [2.24, 2.45) is 0 Å². The molecule has 0 saturated heterocycles. The van der Waals surface area contributed by atoms with E-state index in [0.717, 1.165) is 39.3 Å². The number of benzene rings is 2. The predicted molar refractivity (Wildman–Crippen MR) is 91.6 cm³/mol. The molecule has 4 heteroatoms. The third-order valence-corrected chi connectivity index (χ3v) is 5.07. The van der Waals surface area contributed by atoms with Crippen molar-refractivity contribution in [3.63, 3.8) is 0 Å². The summed E-state index contributed by atoms with van der Waals surface area (Å²) in [6.07, 6.45) is 2.18. The van der Waals surface area contributed by atoms with Crippen molar-refractivity contribution in [3.8, 4) is 5.75 Å². The molecule has 0 amide bonds. The van der Waals surface area contributed by atoms with Gasteiger partial charge in [0.1, 0.15) is 5.75 Å². The number of nitrogens with one attached hydrogen (secondary N) is 1. The zero-order valence-corrected chi connectivity index (χ0v) is 14.4. The van der Waals surface area contributed by atoms with Crippen molar-refractivity contribution in [2.45, 2.75) is 25.8 Å². The molecule has 110 valence electrons. The first-order valence-electron chi connectivity index (χ1n) is 6.97. The average molecular weight is 367 g/mol. The molecular formula is C17H17BrClNO. The number of fused-ring (bicyclic) bond motifs is 1. The van der Waals surface area contributed by atoms with Crippen LogP contribution in [0.15, 0.2) is 34.8 Å². The molecule has 1 atom stereocenters. The highest BCUT2D eigenvalue weighted by Gasteiger charge is 2.23. The zero-order valence-electron chi connectivity index (χ0n) is 12.0. The van der Waals surface area contributed by atoms with Crippen LogP contribution in [-0.4, -0.2) is 7.11 Å². The lowest BCUT2D eigenvalue weighted by Crippen LogP contribution is -2.08. The van der Waals surface area contributed by atoms with Crippen LogP contribution in [0.4, 0.5) is 5.69 Å². The van der Waals surface area contributed by atoms with Crippen molar-refractivity contribution >= 4 is 33.2 Å². The number of aryl methyl sites for hydroxylation is 2. The molecule has 1 aliphatic carbocycles. The predicted octanol–water partition coefficient (Wildman–Crippen LogP) is 5.52. The number of rotatable bonds is 3. The van der Waals surface area contributed by atoms with Gasteiger partial charge in [-0.25, -0.2) is 0 Å². The second-order valence-corrected chi connectivity index (χ2v) is 6.64. The molecule has 2 nitrogen and oxygen atoms in total. The summed E-state index contributed by atoms with van der Waals surface area (Å²) in [7, 11) is 1.70. The maximum Gasteiger partial charge on any atom is 0.119 e. The van der Waals surface area contributed by atoms with Crippen molar-refractivity contribution in [1.82, 2.24) is 0 Å². The molecule has 2 aromatic rings. The zero-order chi connectivity index (χ0) is 15.0. The molecule has 0 radical (unpaired) electrons. The second kappa shape index (κ2) is 5.90. The molecule has 21 heavy (non-hydrogen) atoms. The highest BCUT2D eigenvalue weighted by Crippen LogP contribution is 2.38. The first-order chi connectivity index (χ1) is 10.1. The van der Waals surface area contributed by atoms with Gasteiger partial charge in [0.05, 0.1) is 18.8 Å². The topological polar surface area (TPSA) is 21.3 Å². The molecule has 0 spiro atoms. The molecule has 0 bridgehead atoms. The number of halogens is 2. The highest BCUT2D eigenvalue weighted by molar-refractivity contribution is 9.10. The lowest BCUT2D eigenvalue weighted by atomic mass is 10.1. The Hall–Kier alpha value is -1.19. The van der Waals surface area contributed by atoms with Crippen LogP contribution < -0.4 is 10.1 Å². The maximum atomic E-state index is 6.24. The minimum absolute atomic E-state index is 0.296. The number of methoxy groups -OCH3 is 1. The molecule has 2 aromatic carbocycles. The van der Waals surface area contributed by atoms with E-state index in [1.165, 1.54) is 11.1 Å². The van der Waals surface area contributed by atoms with E-state index in [9.17, 15) is 0 Å². The van der Waals surface area contributed by atoms with E-state index < -0.39 is 0 Å². The van der Waals surface area contributed by atoms with Crippen LogP contribution in [0.2, 0.25) is 5.02 Å². The maximum absolute atomic E-state index is 6.24. The molecule has 0 fully saturated rings. The van der Waals surface area contributed by atoms with Crippen LogP contribution in [0.5, 0.6) is 5.75 Å². The normalized spacial score (nSPS) is 16.7. The summed E-state index contributed by atoms with van der Waals surface area (Å²) in [4.78, 5) is 0. The van der Waals surface area contributed by atoms with Gasteiger partial charge in [0.15, 0.2) is 0 Å². The van der Waals surface area contributed by atoms with Gasteiger partial charge in [-0.05, 0) is 76.7 Å².